The van der Waals surface area contributed by atoms with Gasteiger partial charge in [0.05, 0.1) is 24.0 Å². The van der Waals surface area contributed by atoms with Gasteiger partial charge in [-0.15, -0.1) is 0 Å². The maximum absolute atomic E-state index is 14.1. The van der Waals surface area contributed by atoms with Crippen LogP contribution < -0.4 is 10.6 Å². The molecule has 0 unspecified atom stereocenters. The third-order valence-corrected chi connectivity index (χ3v) is 4.90. The summed E-state index contributed by atoms with van der Waals surface area (Å²) < 4.78 is 56.0. The van der Waals surface area contributed by atoms with Gasteiger partial charge in [-0.05, 0) is 42.5 Å². The number of hydrogen-bond donors (Lipinski definition) is 2. The molecule has 2 N–H and O–H groups in total. The molecule has 178 valence electrons. The number of hydrogen-bond acceptors (Lipinski definition) is 4. The Labute approximate surface area is 196 Å². The summed E-state index contributed by atoms with van der Waals surface area (Å²) in [7, 11) is 0. The summed E-state index contributed by atoms with van der Waals surface area (Å²) in [6.07, 6.45) is -2.70. The van der Waals surface area contributed by atoms with Crippen LogP contribution in [0.4, 0.5) is 23.2 Å². The average molecular weight is 483 g/mol. The molecule has 2 amide bonds. The van der Waals surface area contributed by atoms with E-state index in [9.17, 15) is 27.2 Å². The first kappa shape index (κ1) is 23.6. The zero-order valence-corrected chi connectivity index (χ0v) is 17.9. The number of para-hydroxylation sites is 1. The van der Waals surface area contributed by atoms with Crippen molar-refractivity contribution in [3.05, 3.63) is 107 Å². The number of anilines is 1. The van der Waals surface area contributed by atoms with Gasteiger partial charge in [-0.25, -0.2) is 9.07 Å². The zero-order chi connectivity index (χ0) is 25.0. The van der Waals surface area contributed by atoms with Crippen LogP contribution in [0, 0.1) is 5.82 Å². The van der Waals surface area contributed by atoms with E-state index in [4.69, 9.17) is 0 Å². The highest BCUT2D eigenvalue weighted by Gasteiger charge is 2.41. The standard InChI is InChI=1S/C24H17F4N5O2/c25-19-9-1-2-10-20(19)33-21(24(26,27)28)18(14-31-33)23(35)32-16-8-5-6-15(12-16)22(34)30-13-17-7-3-4-11-29-17/h1-12,14H,13H2,(H,30,34)(H,32,35). The summed E-state index contributed by atoms with van der Waals surface area (Å²) in [4.78, 5) is 29.3. The number of amides is 2. The van der Waals surface area contributed by atoms with Crippen molar-refractivity contribution in [2.75, 3.05) is 5.32 Å². The fourth-order valence-corrected chi connectivity index (χ4v) is 3.31. The SMILES string of the molecule is O=C(NCc1ccccn1)c1cccc(NC(=O)c2cnn(-c3ccccc3F)c2C(F)(F)F)c1. The van der Waals surface area contributed by atoms with E-state index in [0.717, 1.165) is 12.1 Å². The van der Waals surface area contributed by atoms with E-state index < -0.39 is 40.8 Å². The number of pyridine rings is 1. The summed E-state index contributed by atoms with van der Waals surface area (Å²) >= 11 is 0. The molecular formula is C24H17F4N5O2. The van der Waals surface area contributed by atoms with E-state index in [1.807, 2.05) is 0 Å². The van der Waals surface area contributed by atoms with E-state index in [1.54, 1.807) is 24.4 Å². The highest BCUT2D eigenvalue weighted by atomic mass is 19.4. The summed E-state index contributed by atoms with van der Waals surface area (Å²) in [5.74, 6) is -2.52. The molecule has 0 aliphatic carbocycles. The smallest absolute Gasteiger partial charge is 0.346 e. The molecule has 11 heteroatoms. The molecule has 0 aliphatic rings. The number of alkyl halides is 3. The lowest BCUT2D eigenvalue weighted by atomic mass is 10.1. The lowest BCUT2D eigenvalue weighted by Gasteiger charge is -2.13. The van der Waals surface area contributed by atoms with Crippen LogP contribution in [0.2, 0.25) is 0 Å². The van der Waals surface area contributed by atoms with E-state index in [0.29, 0.717) is 16.6 Å². The number of benzene rings is 2. The third kappa shape index (κ3) is 5.35. The zero-order valence-electron chi connectivity index (χ0n) is 17.9. The van der Waals surface area contributed by atoms with Gasteiger partial charge in [-0.3, -0.25) is 14.6 Å². The Balaban J connectivity index is 1.55. The second-order valence-corrected chi connectivity index (χ2v) is 7.31. The molecule has 0 bridgehead atoms. The van der Waals surface area contributed by atoms with Gasteiger partial charge in [-0.2, -0.15) is 18.3 Å². The van der Waals surface area contributed by atoms with Crippen molar-refractivity contribution in [3.63, 3.8) is 0 Å². The number of nitrogens with zero attached hydrogens (tertiary/aromatic N) is 3. The normalized spacial score (nSPS) is 11.2. The minimum Gasteiger partial charge on any atom is -0.346 e. The van der Waals surface area contributed by atoms with Crippen LogP contribution in [0.25, 0.3) is 5.69 Å². The van der Waals surface area contributed by atoms with Crippen molar-refractivity contribution in [1.82, 2.24) is 20.1 Å². The minimum absolute atomic E-state index is 0.0900. The molecule has 0 aliphatic heterocycles. The highest BCUT2D eigenvalue weighted by molar-refractivity contribution is 6.06. The van der Waals surface area contributed by atoms with Gasteiger partial charge in [-0.1, -0.05) is 24.3 Å². The molecule has 0 atom stereocenters. The minimum atomic E-state index is -5.00. The molecule has 0 fully saturated rings. The summed E-state index contributed by atoms with van der Waals surface area (Å²) in [6.45, 7) is 0.167. The lowest BCUT2D eigenvalue weighted by Crippen LogP contribution is -2.24. The second kappa shape index (κ2) is 9.75. The molecule has 0 saturated carbocycles. The van der Waals surface area contributed by atoms with Gasteiger partial charge in [0.25, 0.3) is 11.8 Å². The van der Waals surface area contributed by atoms with Crippen molar-refractivity contribution < 1.29 is 27.2 Å². The number of carbonyl (C=O) groups is 2. The first-order valence-electron chi connectivity index (χ1n) is 10.2. The van der Waals surface area contributed by atoms with Crippen molar-refractivity contribution in [3.8, 4) is 5.69 Å². The van der Waals surface area contributed by atoms with E-state index >= 15 is 0 Å². The molecule has 4 aromatic rings. The summed E-state index contributed by atoms with van der Waals surface area (Å²) in [5.41, 5.74) is -1.78. The summed E-state index contributed by atoms with van der Waals surface area (Å²) in [5, 5.41) is 8.61. The second-order valence-electron chi connectivity index (χ2n) is 7.31. The maximum Gasteiger partial charge on any atom is 0.434 e. The van der Waals surface area contributed by atoms with E-state index in [-0.39, 0.29) is 17.8 Å². The Morgan fingerprint density at radius 1 is 0.943 bits per heavy atom. The van der Waals surface area contributed by atoms with Gasteiger partial charge in [0.2, 0.25) is 0 Å². The number of aromatic nitrogens is 3. The van der Waals surface area contributed by atoms with Gasteiger partial charge in [0, 0.05) is 17.4 Å². The number of nitrogens with one attached hydrogen (secondary N) is 2. The van der Waals surface area contributed by atoms with Crippen LogP contribution >= 0.6 is 0 Å². The monoisotopic (exact) mass is 483 g/mol. The van der Waals surface area contributed by atoms with E-state index in [1.165, 1.54) is 36.4 Å². The van der Waals surface area contributed by atoms with Crippen LogP contribution in [0.1, 0.15) is 32.1 Å². The molecule has 2 aromatic heterocycles. The molecule has 7 nitrogen and oxygen atoms in total. The topological polar surface area (TPSA) is 88.9 Å². The van der Waals surface area contributed by atoms with Gasteiger partial charge >= 0.3 is 6.18 Å². The Morgan fingerprint density at radius 3 is 2.43 bits per heavy atom. The number of halogens is 4. The average Bonchev–Trinajstić information content (AvgIpc) is 3.30. The third-order valence-electron chi connectivity index (χ3n) is 4.90. The van der Waals surface area contributed by atoms with E-state index in [2.05, 4.69) is 20.7 Å². The Hall–Kier alpha value is -4.54. The molecule has 2 heterocycles. The lowest BCUT2D eigenvalue weighted by molar-refractivity contribution is -0.143. The van der Waals surface area contributed by atoms with Gasteiger partial charge in [0.1, 0.15) is 11.5 Å². The Bertz CT molecular complexity index is 1370. The fourth-order valence-electron chi connectivity index (χ4n) is 3.31. The van der Waals surface area contributed by atoms with Crippen molar-refractivity contribution in [2.45, 2.75) is 12.7 Å². The molecule has 4 rings (SSSR count). The Morgan fingerprint density at radius 2 is 1.71 bits per heavy atom. The number of rotatable bonds is 6. The molecular weight excluding hydrogens is 466 g/mol. The van der Waals surface area contributed by atoms with Crippen molar-refractivity contribution in [1.29, 1.82) is 0 Å². The molecule has 35 heavy (non-hydrogen) atoms. The van der Waals surface area contributed by atoms with Gasteiger partial charge in [0.15, 0.2) is 5.69 Å². The first-order chi connectivity index (χ1) is 16.7. The van der Waals surface area contributed by atoms with Crippen molar-refractivity contribution >= 4 is 17.5 Å². The predicted molar refractivity (Wildman–Crippen MR) is 118 cm³/mol. The first-order valence-corrected chi connectivity index (χ1v) is 10.2. The fraction of sp³-hybridized carbons (Fsp3) is 0.0833. The largest absolute Gasteiger partial charge is 0.434 e. The quantitative estimate of drug-likeness (QED) is 0.392. The molecule has 0 spiro atoms. The van der Waals surface area contributed by atoms with Crippen LogP contribution in [0.5, 0.6) is 0 Å². The summed E-state index contributed by atoms with van der Waals surface area (Å²) in [6, 6.07) is 15.7. The number of carbonyl (C=O) groups excluding carboxylic acids is 2. The van der Waals surface area contributed by atoms with Gasteiger partial charge < -0.3 is 10.6 Å². The van der Waals surface area contributed by atoms with Crippen LogP contribution in [0.15, 0.2) is 79.1 Å². The van der Waals surface area contributed by atoms with Crippen LogP contribution in [-0.2, 0) is 12.7 Å². The molecule has 2 aromatic carbocycles. The van der Waals surface area contributed by atoms with Crippen molar-refractivity contribution in [2.24, 2.45) is 0 Å². The predicted octanol–water partition coefficient (Wildman–Crippen LogP) is 4.61. The maximum atomic E-state index is 14.1. The van der Waals surface area contributed by atoms with Crippen LogP contribution in [-0.4, -0.2) is 26.6 Å². The highest BCUT2D eigenvalue weighted by Crippen LogP contribution is 2.34. The molecule has 0 radical (unpaired) electrons. The molecule has 0 saturated heterocycles. The van der Waals surface area contributed by atoms with Crippen LogP contribution in [0.3, 0.4) is 0 Å². The Kier molecular flexibility index (Phi) is 6.58.